The molecule has 0 amide bonds. The van der Waals surface area contributed by atoms with Crippen LogP contribution in [0.15, 0.2) is 24.3 Å². The monoisotopic (exact) mass is 257 g/mol. The lowest BCUT2D eigenvalue weighted by Gasteiger charge is -2.14. The summed E-state index contributed by atoms with van der Waals surface area (Å²) in [6.45, 7) is 9.37. The maximum absolute atomic E-state index is 4.45. The average Bonchev–Trinajstić information content (AvgIpc) is 2.62. The molecule has 1 N–H and O–H groups in total. The van der Waals surface area contributed by atoms with Crippen LogP contribution in [-0.2, 0) is 13.6 Å². The molecule has 102 valence electrons. The summed E-state index contributed by atoms with van der Waals surface area (Å²) in [5, 5.41) is 8.03. The minimum absolute atomic E-state index is 0.347. The van der Waals surface area contributed by atoms with E-state index in [1.54, 1.807) is 0 Å². The molecular weight excluding hydrogens is 234 g/mol. The maximum Gasteiger partial charge on any atom is 0.0641 e. The van der Waals surface area contributed by atoms with Gasteiger partial charge in [0.25, 0.3) is 0 Å². The van der Waals surface area contributed by atoms with Crippen molar-refractivity contribution >= 4 is 0 Å². The van der Waals surface area contributed by atoms with Gasteiger partial charge >= 0.3 is 0 Å². The largest absolute Gasteiger partial charge is 0.306 e. The highest BCUT2D eigenvalue weighted by molar-refractivity contribution is 5.26. The van der Waals surface area contributed by atoms with Crippen LogP contribution in [0.2, 0.25) is 0 Å². The van der Waals surface area contributed by atoms with Gasteiger partial charge in [0.2, 0.25) is 0 Å². The van der Waals surface area contributed by atoms with E-state index in [2.05, 4.69) is 62.4 Å². The van der Waals surface area contributed by atoms with Crippen molar-refractivity contribution in [2.45, 2.75) is 40.3 Å². The SMILES string of the molecule is Cc1ccc([C@H](C)NCc2c(C)nn(C)c2C)cc1. The lowest BCUT2D eigenvalue weighted by atomic mass is 10.1. The van der Waals surface area contributed by atoms with E-state index < -0.39 is 0 Å². The van der Waals surface area contributed by atoms with Gasteiger partial charge in [-0.15, -0.1) is 0 Å². The van der Waals surface area contributed by atoms with Crippen LogP contribution in [-0.4, -0.2) is 9.78 Å². The van der Waals surface area contributed by atoms with Gasteiger partial charge in [-0.05, 0) is 33.3 Å². The zero-order valence-electron chi connectivity index (χ0n) is 12.5. The normalized spacial score (nSPS) is 12.7. The van der Waals surface area contributed by atoms with E-state index in [1.807, 2.05) is 11.7 Å². The molecule has 1 aromatic carbocycles. The molecule has 0 aliphatic carbocycles. The number of aromatic nitrogens is 2. The molecule has 1 aromatic heterocycles. The Balaban J connectivity index is 2.04. The average molecular weight is 257 g/mol. The molecule has 3 nitrogen and oxygen atoms in total. The molecule has 1 heterocycles. The smallest absolute Gasteiger partial charge is 0.0641 e. The predicted octanol–water partition coefficient (Wildman–Crippen LogP) is 3.20. The molecule has 1 atom stereocenters. The maximum atomic E-state index is 4.45. The zero-order chi connectivity index (χ0) is 14.0. The first kappa shape index (κ1) is 13.8. The first-order valence-corrected chi connectivity index (χ1v) is 6.78. The van der Waals surface area contributed by atoms with Crippen molar-refractivity contribution < 1.29 is 0 Å². The van der Waals surface area contributed by atoms with Crippen LogP contribution >= 0.6 is 0 Å². The highest BCUT2D eigenvalue weighted by Crippen LogP contribution is 2.16. The highest BCUT2D eigenvalue weighted by atomic mass is 15.3. The first-order valence-electron chi connectivity index (χ1n) is 6.78. The quantitative estimate of drug-likeness (QED) is 0.911. The van der Waals surface area contributed by atoms with Gasteiger partial charge in [0, 0.05) is 30.9 Å². The second-order valence-corrected chi connectivity index (χ2v) is 5.29. The fourth-order valence-corrected chi connectivity index (χ4v) is 2.30. The van der Waals surface area contributed by atoms with Gasteiger partial charge in [-0.2, -0.15) is 5.10 Å². The molecule has 0 saturated carbocycles. The Morgan fingerprint density at radius 3 is 2.32 bits per heavy atom. The van der Waals surface area contributed by atoms with Crippen molar-refractivity contribution in [3.8, 4) is 0 Å². The van der Waals surface area contributed by atoms with Crippen LogP contribution in [0.5, 0.6) is 0 Å². The van der Waals surface area contributed by atoms with Gasteiger partial charge in [0.15, 0.2) is 0 Å². The second kappa shape index (κ2) is 5.57. The molecule has 2 rings (SSSR count). The lowest BCUT2D eigenvalue weighted by molar-refractivity contribution is 0.571. The van der Waals surface area contributed by atoms with Crippen molar-refractivity contribution in [3.63, 3.8) is 0 Å². The molecule has 0 spiro atoms. The van der Waals surface area contributed by atoms with Gasteiger partial charge in [-0.25, -0.2) is 0 Å². The van der Waals surface area contributed by atoms with E-state index in [1.165, 1.54) is 22.4 Å². The van der Waals surface area contributed by atoms with Gasteiger partial charge < -0.3 is 5.32 Å². The van der Waals surface area contributed by atoms with Gasteiger partial charge in [0.05, 0.1) is 5.69 Å². The van der Waals surface area contributed by atoms with Crippen LogP contribution in [0.1, 0.15) is 41.0 Å². The van der Waals surface area contributed by atoms with Crippen molar-refractivity contribution in [3.05, 3.63) is 52.3 Å². The van der Waals surface area contributed by atoms with E-state index >= 15 is 0 Å². The number of benzene rings is 1. The fraction of sp³-hybridized carbons (Fsp3) is 0.438. The van der Waals surface area contributed by atoms with Gasteiger partial charge in [-0.1, -0.05) is 29.8 Å². The van der Waals surface area contributed by atoms with Crippen molar-refractivity contribution in [2.75, 3.05) is 0 Å². The Labute approximate surface area is 115 Å². The molecule has 0 bridgehead atoms. The summed E-state index contributed by atoms with van der Waals surface area (Å²) in [5.41, 5.74) is 6.28. The number of rotatable bonds is 4. The Kier molecular flexibility index (Phi) is 4.05. The summed E-state index contributed by atoms with van der Waals surface area (Å²) < 4.78 is 1.95. The van der Waals surface area contributed by atoms with E-state index in [0.29, 0.717) is 6.04 Å². The predicted molar refractivity (Wildman–Crippen MR) is 79.1 cm³/mol. The number of nitrogens with zero attached hydrogens (tertiary/aromatic N) is 2. The van der Waals surface area contributed by atoms with Crippen molar-refractivity contribution in [1.29, 1.82) is 0 Å². The molecule has 0 saturated heterocycles. The summed E-state index contributed by atoms with van der Waals surface area (Å²) in [5.74, 6) is 0. The van der Waals surface area contributed by atoms with Crippen LogP contribution in [0.25, 0.3) is 0 Å². The Hall–Kier alpha value is -1.61. The third-order valence-electron chi connectivity index (χ3n) is 3.82. The van der Waals surface area contributed by atoms with Crippen LogP contribution in [0.4, 0.5) is 0 Å². The third kappa shape index (κ3) is 3.04. The molecule has 0 aliphatic rings. The van der Waals surface area contributed by atoms with Gasteiger partial charge in [-0.3, -0.25) is 4.68 Å². The molecule has 2 aromatic rings. The summed E-state index contributed by atoms with van der Waals surface area (Å²) >= 11 is 0. The van der Waals surface area contributed by atoms with Crippen molar-refractivity contribution in [2.24, 2.45) is 7.05 Å². The molecule has 0 unspecified atom stereocenters. The minimum Gasteiger partial charge on any atom is -0.306 e. The highest BCUT2D eigenvalue weighted by Gasteiger charge is 2.11. The molecule has 3 heteroatoms. The molecule has 0 fully saturated rings. The van der Waals surface area contributed by atoms with Crippen LogP contribution < -0.4 is 5.32 Å². The number of nitrogens with one attached hydrogen (secondary N) is 1. The van der Waals surface area contributed by atoms with Crippen LogP contribution in [0.3, 0.4) is 0 Å². The summed E-state index contributed by atoms with van der Waals surface area (Å²) in [6.07, 6.45) is 0. The lowest BCUT2D eigenvalue weighted by Crippen LogP contribution is -2.18. The minimum atomic E-state index is 0.347. The molecule has 19 heavy (non-hydrogen) atoms. The van der Waals surface area contributed by atoms with E-state index in [4.69, 9.17) is 0 Å². The molecular formula is C16H23N3. The van der Waals surface area contributed by atoms with E-state index in [-0.39, 0.29) is 0 Å². The molecule has 0 radical (unpaired) electrons. The molecule has 0 aliphatic heterocycles. The summed E-state index contributed by atoms with van der Waals surface area (Å²) in [7, 11) is 2.00. The van der Waals surface area contributed by atoms with E-state index in [9.17, 15) is 0 Å². The van der Waals surface area contributed by atoms with Gasteiger partial charge in [0.1, 0.15) is 0 Å². The third-order valence-corrected chi connectivity index (χ3v) is 3.82. The fourth-order valence-electron chi connectivity index (χ4n) is 2.30. The number of hydrogen-bond acceptors (Lipinski definition) is 2. The first-order chi connectivity index (χ1) is 8.99. The number of aryl methyl sites for hydroxylation is 3. The zero-order valence-corrected chi connectivity index (χ0v) is 12.5. The summed E-state index contributed by atoms with van der Waals surface area (Å²) in [6, 6.07) is 9.05. The Bertz CT molecular complexity index is 552. The Morgan fingerprint density at radius 2 is 1.79 bits per heavy atom. The number of hydrogen-bond donors (Lipinski definition) is 1. The van der Waals surface area contributed by atoms with Crippen LogP contribution in [0, 0.1) is 20.8 Å². The van der Waals surface area contributed by atoms with E-state index in [0.717, 1.165) is 12.2 Å². The summed E-state index contributed by atoms with van der Waals surface area (Å²) in [4.78, 5) is 0. The second-order valence-electron chi connectivity index (χ2n) is 5.29. The topological polar surface area (TPSA) is 29.9 Å². The Morgan fingerprint density at radius 1 is 1.16 bits per heavy atom. The standard InChI is InChI=1S/C16H23N3/c1-11-6-8-15(9-7-11)12(2)17-10-16-13(3)18-19(5)14(16)4/h6-9,12,17H,10H2,1-5H3/t12-/m0/s1. The van der Waals surface area contributed by atoms with Crippen molar-refractivity contribution in [1.82, 2.24) is 15.1 Å².